The summed E-state index contributed by atoms with van der Waals surface area (Å²) in [6.07, 6.45) is 3.56. The van der Waals surface area contributed by atoms with Crippen molar-refractivity contribution in [3.8, 4) is 0 Å². The number of ether oxygens (including phenoxy) is 1. The van der Waals surface area contributed by atoms with Crippen LogP contribution in [0.3, 0.4) is 0 Å². The van der Waals surface area contributed by atoms with Gasteiger partial charge in [-0.1, -0.05) is 59.9 Å². The fourth-order valence-corrected chi connectivity index (χ4v) is 3.78. The van der Waals surface area contributed by atoms with Gasteiger partial charge in [-0.2, -0.15) is 0 Å². The van der Waals surface area contributed by atoms with Gasteiger partial charge in [-0.15, -0.1) is 0 Å². The number of carbonyl (C=O) groups excluding carboxylic acids is 2. The lowest BCUT2D eigenvalue weighted by molar-refractivity contribution is -0.115. The van der Waals surface area contributed by atoms with Gasteiger partial charge in [0.05, 0.1) is 5.56 Å². The van der Waals surface area contributed by atoms with Gasteiger partial charge in [0.25, 0.3) is 0 Å². The molecule has 4 heteroatoms. The number of hydrogen-bond acceptors (Lipinski definition) is 3. The molecule has 140 valence electrons. The fourth-order valence-electron chi connectivity index (χ4n) is 3.47. The van der Waals surface area contributed by atoms with Crippen LogP contribution in [0.2, 0.25) is 0 Å². The first kappa shape index (κ1) is 20.9. The van der Waals surface area contributed by atoms with Gasteiger partial charge in [0.1, 0.15) is 6.10 Å². The maximum Gasteiger partial charge on any atom is 0.338 e. The number of allylic oxidation sites excluding steroid dienone is 2. The maximum atomic E-state index is 12.4. The average molecular weight is 466 g/mol. The minimum absolute atomic E-state index is 0.121. The summed E-state index contributed by atoms with van der Waals surface area (Å²) in [7, 11) is 0. The summed E-state index contributed by atoms with van der Waals surface area (Å²) in [4.78, 5) is 24.7. The topological polar surface area (TPSA) is 43.4 Å². The summed E-state index contributed by atoms with van der Waals surface area (Å²) in [5.74, 6) is 0.501. The number of carbonyl (C=O) groups is 2. The van der Waals surface area contributed by atoms with Gasteiger partial charge >= 0.3 is 5.97 Å². The Bertz CT molecular complexity index is 678. The molecule has 1 aromatic carbocycles. The van der Waals surface area contributed by atoms with Crippen molar-refractivity contribution in [3.63, 3.8) is 0 Å². The molecule has 0 saturated heterocycles. The van der Waals surface area contributed by atoms with Crippen LogP contribution in [0.25, 0.3) is 0 Å². The summed E-state index contributed by atoms with van der Waals surface area (Å²) < 4.78 is 7.78. The lowest BCUT2D eigenvalue weighted by Gasteiger charge is -2.21. The smallest absolute Gasteiger partial charge is 0.338 e. The molecule has 3 nitrogen and oxygen atoms in total. The predicted octanol–water partition coefficient (Wildman–Crippen LogP) is 5.89. The van der Waals surface area contributed by atoms with Gasteiger partial charge in [-0.25, -0.2) is 4.79 Å². The third-order valence-electron chi connectivity index (χ3n) is 4.97. The van der Waals surface area contributed by atoms with Crippen molar-refractivity contribution in [1.29, 1.82) is 0 Å². The van der Waals surface area contributed by atoms with Gasteiger partial charge in [-0.05, 0) is 60.3 Å². The van der Waals surface area contributed by atoms with Crippen molar-refractivity contribution in [3.05, 3.63) is 57.7 Å². The molecule has 0 bridgehead atoms. The minimum atomic E-state index is -0.283. The number of benzene rings is 1. The van der Waals surface area contributed by atoms with Crippen molar-refractivity contribution >= 4 is 34.3 Å². The third-order valence-corrected chi connectivity index (χ3v) is 6.03. The van der Waals surface area contributed by atoms with Crippen molar-refractivity contribution < 1.29 is 14.3 Å². The second kappa shape index (κ2) is 10.0. The molecule has 0 heterocycles. The zero-order valence-corrected chi connectivity index (χ0v) is 17.7. The van der Waals surface area contributed by atoms with Crippen LogP contribution in [0.15, 0.2) is 52.1 Å². The number of halogens is 1. The Morgan fingerprint density at radius 3 is 2.58 bits per heavy atom. The normalized spacial score (nSPS) is 22.9. The third kappa shape index (κ3) is 6.08. The van der Waals surface area contributed by atoms with Crippen LogP contribution in [0, 0.1) is 11.8 Å². The van der Waals surface area contributed by atoms with Crippen LogP contribution in [-0.4, -0.2) is 17.9 Å². The molecule has 0 amide bonds. The quantitative estimate of drug-likeness (QED) is 0.273. The minimum Gasteiger partial charge on any atom is -0.458 e. The van der Waals surface area contributed by atoms with Crippen LogP contribution >= 0.6 is 22.6 Å². The van der Waals surface area contributed by atoms with Crippen LogP contribution in [0.4, 0.5) is 0 Å². The largest absolute Gasteiger partial charge is 0.458 e. The summed E-state index contributed by atoms with van der Waals surface area (Å²) in [5, 5.41) is 0. The van der Waals surface area contributed by atoms with Crippen LogP contribution in [0.1, 0.15) is 56.3 Å². The Kier molecular flexibility index (Phi) is 8.07. The first-order chi connectivity index (χ1) is 12.4. The van der Waals surface area contributed by atoms with E-state index in [1.165, 1.54) is 5.57 Å². The highest BCUT2D eigenvalue weighted by Crippen LogP contribution is 2.37. The van der Waals surface area contributed by atoms with Gasteiger partial charge in [0.15, 0.2) is 5.78 Å². The number of rotatable bonds is 8. The monoisotopic (exact) mass is 466 g/mol. The molecule has 0 radical (unpaired) electrons. The molecule has 26 heavy (non-hydrogen) atoms. The highest BCUT2D eigenvalue weighted by atomic mass is 127. The Hall–Kier alpha value is -1.43. The molecule has 1 aliphatic carbocycles. The molecule has 0 unspecified atom stereocenters. The van der Waals surface area contributed by atoms with Gasteiger partial charge in [-0.3, -0.25) is 4.79 Å². The molecule has 1 fully saturated rings. The van der Waals surface area contributed by atoms with E-state index in [2.05, 4.69) is 36.1 Å². The van der Waals surface area contributed by atoms with Crippen molar-refractivity contribution in [2.75, 3.05) is 0 Å². The van der Waals surface area contributed by atoms with E-state index in [0.29, 0.717) is 29.9 Å². The Balaban J connectivity index is 1.93. The highest BCUT2D eigenvalue weighted by Gasteiger charge is 2.35. The van der Waals surface area contributed by atoms with Crippen molar-refractivity contribution in [1.82, 2.24) is 0 Å². The van der Waals surface area contributed by atoms with Crippen LogP contribution < -0.4 is 0 Å². The maximum absolute atomic E-state index is 12.4. The van der Waals surface area contributed by atoms with E-state index in [4.69, 9.17) is 4.74 Å². The SMILES string of the molecule is C=C(C[C@@H]1C[C@H](C)C[C@@H]1OC(=O)c1ccccc1)C(=O)CC/C(C)=C/I. The van der Waals surface area contributed by atoms with Crippen molar-refractivity contribution in [2.45, 2.75) is 52.1 Å². The number of hydrogen-bond donors (Lipinski definition) is 0. The Labute approximate surface area is 170 Å². The van der Waals surface area contributed by atoms with Gasteiger partial charge in [0.2, 0.25) is 0 Å². The molecule has 1 aliphatic rings. The molecular formula is C22H27IO3. The van der Waals surface area contributed by atoms with Gasteiger partial charge in [0, 0.05) is 12.3 Å². The van der Waals surface area contributed by atoms with E-state index in [1.54, 1.807) is 12.1 Å². The highest BCUT2D eigenvalue weighted by molar-refractivity contribution is 14.1. The summed E-state index contributed by atoms with van der Waals surface area (Å²) in [6, 6.07) is 9.07. The molecule has 0 N–H and O–H groups in total. The van der Waals surface area contributed by atoms with Crippen molar-refractivity contribution in [2.24, 2.45) is 11.8 Å². The molecule has 0 aliphatic heterocycles. The molecule has 0 aromatic heterocycles. The van der Waals surface area contributed by atoms with E-state index < -0.39 is 0 Å². The first-order valence-corrected chi connectivity index (χ1v) is 10.4. The molecule has 1 aromatic rings. The zero-order chi connectivity index (χ0) is 19.1. The fraction of sp³-hybridized carbons (Fsp3) is 0.455. The zero-order valence-electron chi connectivity index (χ0n) is 15.5. The van der Waals surface area contributed by atoms with E-state index in [0.717, 1.165) is 19.3 Å². The predicted molar refractivity (Wildman–Crippen MR) is 113 cm³/mol. The van der Waals surface area contributed by atoms with Crippen LogP contribution in [-0.2, 0) is 9.53 Å². The Morgan fingerprint density at radius 2 is 1.92 bits per heavy atom. The van der Waals surface area contributed by atoms with E-state index in [9.17, 15) is 9.59 Å². The lowest BCUT2D eigenvalue weighted by Crippen LogP contribution is -2.23. The average Bonchev–Trinajstić information content (AvgIpc) is 2.98. The first-order valence-electron chi connectivity index (χ1n) is 9.13. The van der Waals surface area contributed by atoms with Crippen LogP contribution in [0.5, 0.6) is 0 Å². The molecule has 3 atom stereocenters. The lowest BCUT2D eigenvalue weighted by atomic mass is 9.92. The molecule has 2 rings (SSSR count). The second-order valence-corrected chi connectivity index (χ2v) is 7.96. The van der Waals surface area contributed by atoms with E-state index >= 15 is 0 Å². The molecule has 1 saturated carbocycles. The van der Waals surface area contributed by atoms with E-state index in [1.807, 2.05) is 29.2 Å². The summed E-state index contributed by atoms with van der Waals surface area (Å²) in [6.45, 7) is 8.20. The second-order valence-electron chi connectivity index (χ2n) is 7.33. The Morgan fingerprint density at radius 1 is 1.23 bits per heavy atom. The number of esters is 1. The summed E-state index contributed by atoms with van der Waals surface area (Å²) >= 11 is 2.19. The summed E-state index contributed by atoms with van der Waals surface area (Å²) in [5.41, 5.74) is 2.43. The standard InChI is InChI=1S/C22H27IO3/c1-15(14-23)9-10-20(24)17(3)13-19-11-16(2)12-21(19)26-22(25)18-7-5-4-6-8-18/h4-8,14,16,19,21H,3,9-13H2,1-2H3/b15-14+/t16-,19-,21-/m0/s1. The van der Waals surface area contributed by atoms with E-state index in [-0.39, 0.29) is 23.8 Å². The van der Waals surface area contributed by atoms with Gasteiger partial charge < -0.3 is 4.74 Å². The molecular weight excluding hydrogens is 439 g/mol. The number of Topliss-reactive ketones (excluding diaryl/α,β-unsaturated/α-hetero) is 1. The number of ketones is 1. The molecule has 0 spiro atoms.